The van der Waals surface area contributed by atoms with Gasteiger partial charge in [-0.05, 0) is 33.7 Å². The third kappa shape index (κ3) is 3.91. The third-order valence-corrected chi connectivity index (χ3v) is 4.51. The van der Waals surface area contributed by atoms with Crippen LogP contribution in [-0.2, 0) is 11.3 Å². The molecular weight excluding hydrogens is 258 g/mol. The molecule has 0 bridgehead atoms. The largest absolute Gasteiger partial charge is 0.380 e. The minimum atomic E-state index is 0.721. The molecule has 2 rings (SSSR count). The number of thiazole rings is 1. The highest BCUT2D eigenvalue weighted by Crippen LogP contribution is 2.44. The van der Waals surface area contributed by atoms with Crippen LogP contribution in [0.5, 0.6) is 0 Å². The highest BCUT2D eigenvalue weighted by Gasteiger charge is 2.30. The maximum Gasteiger partial charge on any atom is 0.185 e. The first kappa shape index (κ1) is 14.8. The van der Waals surface area contributed by atoms with Gasteiger partial charge in [-0.3, -0.25) is 0 Å². The summed E-state index contributed by atoms with van der Waals surface area (Å²) in [4.78, 5) is 8.63. The zero-order valence-corrected chi connectivity index (χ0v) is 13.1. The van der Waals surface area contributed by atoms with E-state index in [1.54, 1.807) is 0 Å². The van der Waals surface area contributed by atoms with Crippen LogP contribution in [-0.4, -0.2) is 38.3 Å². The topological polar surface area (TPSA) is 37.4 Å². The molecule has 0 amide bonds. The molecule has 0 unspecified atom stereocenters. The highest BCUT2D eigenvalue weighted by atomic mass is 32.1. The number of hydrogen-bond acceptors (Lipinski definition) is 5. The van der Waals surface area contributed by atoms with E-state index in [-0.39, 0.29) is 0 Å². The molecular formula is C14H25N3OS. The number of ether oxygens (including phenoxy) is 1. The summed E-state index contributed by atoms with van der Waals surface area (Å²) < 4.78 is 5.45. The van der Waals surface area contributed by atoms with Crippen molar-refractivity contribution >= 4 is 16.5 Å². The van der Waals surface area contributed by atoms with Gasteiger partial charge in [-0.2, -0.15) is 0 Å². The second kappa shape index (κ2) is 7.22. The van der Waals surface area contributed by atoms with Gasteiger partial charge >= 0.3 is 0 Å². The number of hydrogen-bond donors (Lipinski definition) is 1. The molecule has 1 fully saturated rings. The number of nitrogens with one attached hydrogen (secondary N) is 1. The zero-order chi connectivity index (χ0) is 13.7. The first-order chi connectivity index (χ1) is 9.30. The number of rotatable bonds is 9. The Morgan fingerprint density at radius 2 is 2.21 bits per heavy atom. The predicted octanol–water partition coefficient (Wildman–Crippen LogP) is 2.60. The van der Waals surface area contributed by atoms with Gasteiger partial charge in [0.05, 0.1) is 12.3 Å². The first-order valence-electron chi connectivity index (χ1n) is 7.27. The van der Waals surface area contributed by atoms with Gasteiger partial charge in [0.25, 0.3) is 0 Å². The molecule has 0 aromatic carbocycles. The standard InChI is InChI=1S/C14H25N3OS/c1-4-17(8-9-18-5-2)14-16-13(11-6-7-11)12(19-14)10-15-3/h11,15H,4-10H2,1-3H3. The fourth-order valence-corrected chi connectivity index (χ4v) is 3.40. The summed E-state index contributed by atoms with van der Waals surface area (Å²) >= 11 is 1.84. The highest BCUT2D eigenvalue weighted by molar-refractivity contribution is 7.15. The van der Waals surface area contributed by atoms with Crippen molar-refractivity contribution in [2.75, 3.05) is 38.3 Å². The van der Waals surface area contributed by atoms with Crippen LogP contribution in [0.1, 0.15) is 43.2 Å². The molecule has 0 saturated heterocycles. The molecule has 0 spiro atoms. The Bertz CT molecular complexity index is 390. The minimum absolute atomic E-state index is 0.721. The van der Waals surface area contributed by atoms with Crippen molar-refractivity contribution in [3.63, 3.8) is 0 Å². The molecule has 1 aromatic heterocycles. The number of aromatic nitrogens is 1. The van der Waals surface area contributed by atoms with E-state index in [4.69, 9.17) is 9.72 Å². The van der Waals surface area contributed by atoms with E-state index in [0.29, 0.717) is 0 Å². The summed E-state index contributed by atoms with van der Waals surface area (Å²) in [5, 5.41) is 4.42. The average molecular weight is 283 g/mol. The maximum absolute atomic E-state index is 5.45. The summed E-state index contributed by atoms with van der Waals surface area (Å²) in [6.07, 6.45) is 2.62. The van der Waals surface area contributed by atoms with Gasteiger partial charge in [-0.1, -0.05) is 0 Å². The van der Waals surface area contributed by atoms with E-state index in [0.717, 1.165) is 43.9 Å². The quantitative estimate of drug-likeness (QED) is 0.707. The minimum Gasteiger partial charge on any atom is -0.380 e. The van der Waals surface area contributed by atoms with Crippen LogP contribution in [0.3, 0.4) is 0 Å². The summed E-state index contributed by atoms with van der Waals surface area (Å²) in [7, 11) is 2.00. The fraction of sp³-hybridized carbons (Fsp3) is 0.786. The van der Waals surface area contributed by atoms with E-state index in [1.165, 1.54) is 23.4 Å². The van der Waals surface area contributed by atoms with Crippen molar-refractivity contribution in [1.82, 2.24) is 10.3 Å². The molecule has 1 aliphatic carbocycles. The Balaban J connectivity index is 2.06. The van der Waals surface area contributed by atoms with Crippen LogP contribution in [0, 0.1) is 0 Å². The third-order valence-electron chi connectivity index (χ3n) is 3.38. The summed E-state index contributed by atoms with van der Waals surface area (Å²) in [5.74, 6) is 0.721. The van der Waals surface area contributed by atoms with Gasteiger partial charge in [0.1, 0.15) is 0 Å². The summed E-state index contributed by atoms with van der Waals surface area (Å²) in [6.45, 7) is 8.65. The Morgan fingerprint density at radius 3 is 2.79 bits per heavy atom. The van der Waals surface area contributed by atoms with Gasteiger partial charge in [0.2, 0.25) is 0 Å². The van der Waals surface area contributed by atoms with Crippen LogP contribution < -0.4 is 10.2 Å². The Hall–Kier alpha value is -0.650. The molecule has 5 heteroatoms. The number of nitrogens with zero attached hydrogens (tertiary/aromatic N) is 2. The zero-order valence-electron chi connectivity index (χ0n) is 12.2. The predicted molar refractivity (Wildman–Crippen MR) is 81.2 cm³/mol. The van der Waals surface area contributed by atoms with Gasteiger partial charge in [-0.25, -0.2) is 4.98 Å². The SMILES string of the molecule is CCOCCN(CC)c1nc(C2CC2)c(CNC)s1. The molecule has 1 saturated carbocycles. The van der Waals surface area contributed by atoms with E-state index in [9.17, 15) is 0 Å². The second-order valence-corrected chi connectivity index (χ2v) is 5.95. The van der Waals surface area contributed by atoms with Crippen molar-refractivity contribution in [1.29, 1.82) is 0 Å². The van der Waals surface area contributed by atoms with Crippen molar-refractivity contribution in [2.45, 2.75) is 39.2 Å². The van der Waals surface area contributed by atoms with Crippen molar-refractivity contribution < 1.29 is 4.74 Å². The monoisotopic (exact) mass is 283 g/mol. The molecule has 1 aliphatic rings. The lowest BCUT2D eigenvalue weighted by atomic mass is 10.2. The lowest BCUT2D eigenvalue weighted by Crippen LogP contribution is -2.27. The Morgan fingerprint density at radius 1 is 1.42 bits per heavy atom. The lowest BCUT2D eigenvalue weighted by Gasteiger charge is -2.19. The number of likely N-dealkylation sites (N-methyl/N-ethyl adjacent to an activating group) is 1. The molecule has 1 N–H and O–H groups in total. The van der Waals surface area contributed by atoms with E-state index in [1.807, 2.05) is 25.3 Å². The van der Waals surface area contributed by atoms with Crippen LogP contribution in [0.25, 0.3) is 0 Å². The fourth-order valence-electron chi connectivity index (χ4n) is 2.16. The van der Waals surface area contributed by atoms with Gasteiger partial charge in [-0.15, -0.1) is 11.3 Å². The van der Waals surface area contributed by atoms with Gasteiger partial charge in [0, 0.05) is 37.0 Å². The van der Waals surface area contributed by atoms with Gasteiger partial charge < -0.3 is 15.0 Å². The molecule has 19 heavy (non-hydrogen) atoms. The second-order valence-electron chi connectivity index (χ2n) is 4.89. The molecule has 0 radical (unpaired) electrons. The number of anilines is 1. The molecule has 0 aliphatic heterocycles. The van der Waals surface area contributed by atoms with E-state index < -0.39 is 0 Å². The van der Waals surface area contributed by atoms with Crippen molar-refractivity contribution in [3.05, 3.63) is 10.6 Å². The normalized spacial score (nSPS) is 14.9. The average Bonchev–Trinajstić information content (AvgIpc) is 3.18. The summed E-state index contributed by atoms with van der Waals surface area (Å²) in [5.41, 5.74) is 1.34. The Labute approximate surface area is 120 Å². The van der Waals surface area contributed by atoms with Crippen molar-refractivity contribution in [3.8, 4) is 0 Å². The smallest absolute Gasteiger partial charge is 0.185 e. The lowest BCUT2D eigenvalue weighted by molar-refractivity contribution is 0.154. The van der Waals surface area contributed by atoms with E-state index >= 15 is 0 Å². The molecule has 1 aromatic rings. The van der Waals surface area contributed by atoms with E-state index in [2.05, 4.69) is 17.1 Å². The van der Waals surface area contributed by atoms with Crippen LogP contribution in [0.4, 0.5) is 5.13 Å². The molecule has 1 heterocycles. The first-order valence-corrected chi connectivity index (χ1v) is 8.08. The van der Waals surface area contributed by atoms with Crippen molar-refractivity contribution in [2.24, 2.45) is 0 Å². The van der Waals surface area contributed by atoms with Crippen LogP contribution >= 0.6 is 11.3 Å². The molecule has 108 valence electrons. The summed E-state index contributed by atoms with van der Waals surface area (Å²) in [6, 6.07) is 0. The van der Waals surface area contributed by atoms with Crippen LogP contribution in [0.2, 0.25) is 0 Å². The maximum atomic E-state index is 5.45. The van der Waals surface area contributed by atoms with Gasteiger partial charge in [0.15, 0.2) is 5.13 Å². The van der Waals surface area contributed by atoms with Crippen LogP contribution in [0.15, 0.2) is 0 Å². The Kier molecular flexibility index (Phi) is 5.60. The molecule has 0 atom stereocenters. The molecule has 4 nitrogen and oxygen atoms in total.